The van der Waals surface area contributed by atoms with Crippen LogP contribution in [0.2, 0.25) is 5.28 Å². The van der Waals surface area contributed by atoms with Gasteiger partial charge in [0, 0.05) is 25.3 Å². The molecule has 1 aromatic heterocycles. The third-order valence-corrected chi connectivity index (χ3v) is 2.65. The number of carbonyl (C=O) groups excluding carboxylic acids is 1. The van der Waals surface area contributed by atoms with Crippen molar-refractivity contribution in [2.24, 2.45) is 5.92 Å². The molecule has 0 unspecified atom stereocenters. The highest BCUT2D eigenvalue weighted by atomic mass is 35.5. The van der Waals surface area contributed by atoms with Crippen molar-refractivity contribution in [2.75, 3.05) is 18.5 Å². The van der Waals surface area contributed by atoms with E-state index in [1.54, 1.807) is 6.07 Å². The van der Waals surface area contributed by atoms with E-state index in [1.165, 1.54) is 6.20 Å². The van der Waals surface area contributed by atoms with Gasteiger partial charge in [0.1, 0.15) is 5.82 Å². The highest BCUT2D eigenvalue weighted by molar-refractivity contribution is 6.28. The summed E-state index contributed by atoms with van der Waals surface area (Å²) in [6.45, 7) is 1.28. The molecule has 1 amide bonds. The summed E-state index contributed by atoms with van der Waals surface area (Å²) in [6, 6.07) is 1.61. The molecule has 5 nitrogen and oxygen atoms in total. The number of ether oxygens (including phenoxy) is 1. The second-order valence-electron chi connectivity index (χ2n) is 3.59. The molecule has 86 valence electrons. The zero-order valence-corrected chi connectivity index (χ0v) is 9.41. The van der Waals surface area contributed by atoms with Gasteiger partial charge in [-0.25, -0.2) is 9.97 Å². The molecule has 1 saturated heterocycles. The molecule has 1 fully saturated rings. The summed E-state index contributed by atoms with van der Waals surface area (Å²) in [4.78, 5) is 19.5. The molecule has 6 heteroatoms. The van der Waals surface area contributed by atoms with E-state index in [0.29, 0.717) is 19.0 Å². The zero-order chi connectivity index (χ0) is 11.4. The molecular weight excluding hydrogens is 230 g/mol. The smallest absolute Gasteiger partial charge is 0.228 e. The molecule has 2 rings (SSSR count). The molecule has 0 atom stereocenters. The Morgan fingerprint density at radius 2 is 2.25 bits per heavy atom. The largest absolute Gasteiger partial charge is 0.381 e. The first-order chi connectivity index (χ1) is 7.75. The number of nitrogens with one attached hydrogen (secondary N) is 1. The van der Waals surface area contributed by atoms with Crippen molar-refractivity contribution < 1.29 is 9.53 Å². The maximum atomic E-state index is 11.8. The van der Waals surface area contributed by atoms with Gasteiger partial charge in [0.05, 0.1) is 0 Å². The number of aromatic nitrogens is 2. The number of halogens is 1. The van der Waals surface area contributed by atoms with Gasteiger partial charge in [-0.1, -0.05) is 0 Å². The van der Waals surface area contributed by atoms with Gasteiger partial charge in [-0.3, -0.25) is 4.79 Å². The predicted molar refractivity (Wildman–Crippen MR) is 59.2 cm³/mol. The minimum absolute atomic E-state index is 0.00231. The van der Waals surface area contributed by atoms with Gasteiger partial charge < -0.3 is 10.1 Å². The van der Waals surface area contributed by atoms with Crippen LogP contribution in [-0.2, 0) is 9.53 Å². The van der Waals surface area contributed by atoms with Crippen LogP contribution in [-0.4, -0.2) is 29.1 Å². The fraction of sp³-hybridized carbons (Fsp3) is 0.500. The van der Waals surface area contributed by atoms with Gasteiger partial charge >= 0.3 is 0 Å². The van der Waals surface area contributed by atoms with Crippen LogP contribution < -0.4 is 5.32 Å². The Hall–Kier alpha value is -1.20. The standard InChI is InChI=1S/C10H12ClN3O2/c11-10-12-4-1-8(14-10)13-9(15)7-2-5-16-6-3-7/h1,4,7H,2-3,5-6H2,(H,12,13,14,15). The van der Waals surface area contributed by atoms with Crippen molar-refractivity contribution in [3.63, 3.8) is 0 Å². The van der Waals surface area contributed by atoms with E-state index in [0.717, 1.165) is 12.8 Å². The quantitative estimate of drug-likeness (QED) is 0.797. The lowest BCUT2D eigenvalue weighted by Gasteiger charge is -2.20. The van der Waals surface area contributed by atoms with E-state index < -0.39 is 0 Å². The fourth-order valence-electron chi connectivity index (χ4n) is 1.59. The topological polar surface area (TPSA) is 64.1 Å². The first-order valence-corrected chi connectivity index (χ1v) is 5.50. The Morgan fingerprint density at radius 3 is 2.94 bits per heavy atom. The van der Waals surface area contributed by atoms with Crippen LogP contribution in [0.3, 0.4) is 0 Å². The van der Waals surface area contributed by atoms with Crippen molar-refractivity contribution in [1.29, 1.82) is 0 Å². The molecule has 0 bridgehead atoms. The van der Waals surface area contributed by atoms with Crippen LogP contribution in [0.4, 0.5) is 5.82 Å². The molecule has 0 aromatic carbocycles. The van der Waals surface area contributed by atoms with E-state index in [9.17, 15) is 4.79 Å². The molecule has 1 aliphatic heterocycles. The van der Waals surface area contributed by atoms with E-state index in [-0.39, 0.29) is 17.1 Å². The summed E-state index contributed by atoms with van der Waals surface area (Å²) in [5, 5.41) is 2.85. The maximum Gasteiger partial charge on any atom is 0.228 e. The van der Waals surface area contributed by atoms with E-state index >= 15 is 0 Å². The number of amides is 1. The van der Waals surface area contributed by atoms with Crippen molar-refractivity contribution in [3.8, 4) is 0 Å². The lowest BCUT2D eigenvalue weighted by molar-refractivity contribution is -0.122. The summed E-state index contributed by atoms with van der Waals surface area (Å²) in [7, 11) is 0. The van der Waals surface area contributed by atoms with Crippen LogP contribution in [0.15, 0.2) is 12.3 Å². The molecule has 16 heavy (non-hydrogen) atoms. The summed E-state index contributed by atoms with van der Waals surface area (Å²) >= 11 is 5.62. The monoisotopic (exact) mass is 241 g/mol. The number of nitrogens with zero attached hydrogens (tertiary/aromatic N) is 2. The molecule has 1 aromatic rings. The van der Waals surface area contributed by atoms with E-state index in [4.69, 9.17) is 16.3 Å². The summed E-state index contributed by atoms with van der Waals surface area (Å²) in [6.07, 6.45) is 3.02. The lowest BCUT2D eigenvalue weighted by Crippen LogP contribution is -2.28. The molecule has 1 aliphatic rings. The number of rotatable bonds is 2. The van der Waals surface area contributed by atoms with Gasteiger partial charge in [0.25, 0.3) is 0 Å². The van der Waals surface area contributed by atoms with Gasteiger partial charge in [0.15, 0.2) is 0 Å². The molecule has 1 N–H and O–H groups in total. The Bertz CT molecular complexity index is 380. The van der Waals surface area contributed by atoms with E-state index in [2.05, 4.69) is 15.3 Å². The first-order valence-electron chi connectivity index (χ1n) is 5.13. The fourth-order valence-corrected chi connectivity index (χ4v) is 1.74. The Balaban J connectivity index is 1.96. The second kappa shape index (κ2) is 5.23. The van der Waals surface area contributed by atoms with Gasteiger partial charge in [0.2, 0.25) is 11.2 Å². The van der Waals surface area contributed by atoms with E-state index in [1.807, 2.05) is 0 Å². The molecule has 0 aliphatic carbocycles. The van der Waals surface area contributed by atoms with Crippen LogP contribution in [0.5, 0.6) is 0 Å². The SMILES string of the molecule is O=C(Nc1ccnc(Cl)n1)C1CCOCC1. The van der Waals surface area contributed by atoms with Crippen molar-refractivity contribution in [3.05, 3.63) is 17.5 Å². The number of carbonyl (C=O) groups is 1. The molecule has 2 heterocycles. The van der Waals surface area contributed by atoms with Gasteiger partial charge in [-0.15, -0.1) is 0 Å². The molecule has 0 spiro atoms. The molecule has 0 radical (unpaired) electrons. The summed E-state index contributed by atoms with van der Waals surface area (Å²) < 4.78 is 5.19. The normalized spacial score (nSPS) is 17.1. The Morgan fingerprint density at radius 1 is 1.50 bits per heavy atom. The maximum absolute atomic E-state index is 11.8. The third-order valence-electron chi connectivity index (χ3n) is 2.47. The number of anilines is 1. The number of hydrogen-bond donors (Lipinski definition) is 1. The van der Waals surface area contributed by atoms with Crippen LogP contribution in [0, 0.1) is 5.92 Å². The second-order valence-corrected chi connectivity index (χ2v) is 3.92. The zero-order valence-electron chi connectivity index (χ0n) is 8.65. The van der Waals surface area contributed by atoms with Gasteiger partial charge in [-0.2, -0.15) is 0 Å². The highest BCUT2D eigenvalue weighted by Crippen LogP contribution is 2.17. The average molecular weight is 242 g/mol. The first kappa shape index (κ1) is 11.3. The average Bonchev–Trinajstić information content (AvgIpc) is 2.30. The van der Waals surface area contributed by atoms with Crippen molar-refractivity contribution >= 4 is 23.3 Å². The Kier molecular flexibility index (Phi) is 3.69. The predicted octanol–water partition coefficient (Wildman–Crippen LogP) is 1.50. The number of hydrogen-bond acceptors (Lipinski definition) is 4. The molecular formula is C10H12ClN3O2. The van der Waals surface area contributed by atoms with Crippen LogP contribution in [0.25, 0.3) is 0 Å². The minimum Gasteiger partial charge on any atom is -0.381 e. The van der Waals surface area contributed by atoms with Crippen molar-refractivity contribution in [2.45, 2.75) is 12.8 Å². The van der Waals surface area contributed by atoms with Gasteiger partial charge in [-0.05, 0) is 30.5 Å². The minimum atomic E-state index is -0.0296. The van der Waals surface area contributed by atoms with Crippen LogP contribution in [0.1, 0.15) is 12.8 Å². The summed E-state index contributed by atoms with van der Waals surface area (Å²) in [5.41, 5.74) is 0. The van der Waals surface area contributed by atoms with Crippen molar-refractivity contribution in [1.82, 2.24) is 9.97 Å². The highest BCUT2D eigenvalue weighted by Gasteiger charge is 2.21. The lowest BCUT2D eigenvalue weighted by atomic mass is 9.99. The Labute approximate surface area is 98.2 Å². The summed E-state index contributed by atoms with van der Waals surface area (Å²) in [5.74, 6) is 0.414. The van der Waals surface area contributed by atoms with Crippen LogP contribution >= 0.6 is 11.6 Å². The molecule has 0 saturated carbocycles. The third kappa shape index (κ3) is 2.90.